The van der Waals surface area contributed by atoms with Gasteiger partial charge in [-0.05, 0) is 104 Å². The molecule has 1 aliphatic heterocycles. The standard InChI is InChI=1S/C28H20I2N2O2S2/c1-2-11-34-26-20(29)13-16(14-21(26)30)15-23-27(33)32-25(22-8-5-12-35-22)19-10-9-17-6-3-4-7-18(17)24(19)31-28(32)36-23/h2-8,12-15,25H,1,9-11H2. The van der Waals surface area contributed by atoms with Gasteiger partial charge in [-0.15, -0.1) is 11.3 Å². The smallest absolute Gasteiger partial charge is 0.271 e. The largest absolute Gasteiger partial charge is 0.487 e. The molecule has 0 N–H and O–H groups in total. The van der Waals surface area contributed by atoms with Gasteiger partial charge in [-0.25, -0.2) is 4.99 Å². The number of hydrogen-bond acceptors (Lipinski definition) is 5. The first-order chi connectivity index (χ1) is 17.5. The van der Waals surface area contributed by atoms with Crippen molar-refractivity contribution >= 4 is 79.6 Å². The van der Waals surface area contributed by atoms with Crippen molar-refractivity contribution in [1.29, 1.82) is 0 Å². The van der Waals surface area contributed by atoms with E-state index < -0.39 is 0 Å². The third-order valence-corrected chi connectivity index (χ3v) is 9.86. The van der Waals surface area contributed by atoms with Gasteiger partial charge in [-0.1, -0.05) is 54.3 Å². The van der Waals surface area contributed by atoms with E-state index in [1.165, 1.54) is 32.9 Å². The summed E-state index contributed by atoms with van der Waals surface area (Å²) in [6.07, 6.45) is 5.59. The molecular formula is C28H20I2N2O2S2. The number of thiophene rings is 1. The van der Waals surface area contributed by atoms with Crippen LogP contribution in [0.3, 0.4) is 0 Å². The molecule has 2 aliphatic rings. The summed E-state index contributed by atoms with van der Waals surface area (Å²) in [6.45, 7) is 4.19. The van der Waals surface area contributed by atoms with Gasteiger partial charge in [0, 0.05) is 10.4 Å². The monoisotopic (exact) mass is 734 g/mol. The number of allylic oxidation sites excluding steroid dienone is 1. The molecule has 8 heteroatoms. The number of aromatic nitrogens is 1. The number of aryl methyl sites for hydroxylation is 1. The topological polar surface area (TPSA) is 43.6 Å². The summed E-state index contributed by atoms with van der Waals surface area (Å²) in [4.78, 5) is 20.9. The Morgan fingerprint density at radius 1 is 1.14 bits per heavy atom. The number of thiazole rings is 1. The summed E-state index contributed by atoms with van der Waals surface area (Å²) in [5.41, 5.74) is 5.78. The van der Waals surface area contributed by atoms with Gasteiger partial charge in [0.15, 0.2) is 4.80 Å². The molecule has 36 heavy (non-hydrogen) atoms. The Bertz CT molecular complexity index is 1690. The van der Waals surface area contributed by atoms with E-state index in [-0.39, 0.29) is 11.6 Å². The zero-order valence-corrected chi connectivity index (χ0v) is 25.0. The lowest BCUT2D eigenvalue weighted by Gasteiger charge is -2.30. The van der Waals surface area contributed by atoms with Crippen molar-refractivity contribution in [2.75, 3.05) is 6.61 Å². The van der Waals surface area contributed by atoms with Gasteiger partial charge in [0.05, 0.1) is 23.4 Å². The average Bonchev–Trinajstić information content (AvgIpc) is 3.51. The van der Waals surface area contributed by atoms with Crippen LogP contribution in [0.15, 0.2) is 81.9 Å². The molecule has 0 bridgehead atoms. The molecule has 2 aromatic carbocycles. The third kappa shape index (κ3) is 4.25. The van der Waals surface area contributed by atoms with Crippen molar-refractivity contribution < 1.29 is 4.74 Å². The molecule has 180 valence electrons. The fourth-order valence-corrected chi connectivity index (χ4v) is 8.79. The summed E-state index contributed by atoms with van der Waals surface area (Å²) in [5.74, 6) is 0.846. The van der Waals surface area contributed by atoms with Crippen LogP contribution < -0.4 is 19.6 Å². The second-order valence-electron chi connectivity index (χ2n) is 8.54. The molecule has 1 unspecified atom stereocenters. The second kappa shape index (κ2) is 10.0. The van der Waals surface area contributed by atoms with E-state index in [1.54, 1.807) is 17.4 Å². The second-order valence-corrected chi connectivity index (χ2v) is 12.9. The molecule has 2 aromatic heterocycles. The van der Waals surface area contributed by atoms with Gasteiger partial charge in [-0.3, -0.25) is 9.36 Å². The molecule has 6 rings (SSSR count). The Hall–Kier alpha value is -2.02. The summed E-state index contributed by atoms with van der Waals surface area (Å²) >= 11 is 7.74. The van der Waals surface area contributed by atoms with Gasteiger partial charge in [-0.2, -0.15) is 0 Å². The molecule has 1 atom stereocenters. The molecule has 4 nitrogen and oxygen atoms in total. The predicted octanol–water partition coefficient (Wildman–Crippen LogP) is 6.15. The lowest BCUT2D eigenvalue weighted by molar-refractivity contribution is 0.358. The van der Waals surface area contributed by atoms with Crippen molar-refractivity contribution in [1.82, 2.24) is 4.57 Å². The van der Waals surface area contributed by atoms with E-state index in [1.807, 2.05) is 10.6 Å². The van der Waals surface area contributed by atoms with Crippen LogP contribution in [0.4, 0.5) is 0 Å². The highest BCUT2D eigenvalue weighted by Gasteiger charge is 2.33. The average molecular weight is 734 g/mol. The number of benzene rings is 2. The maximum Gasteiger partial charge on any atom is 0.271 e. The van der Waals surface area contributed by atoms with Gasteiger partial charge < -0.3 is 4.74 Å². The van der Waals surface area contributed by atoms with Crippen LogP contribution in [0.25, 0.3) is 11.8 Å². The minimum Gasteiger partial charge on any atom is -0.487 e. The van der Waals surface area contributed by atoms with E-state index >= 15 is 0 Å². The molecule has 1 aliphatic carbocycles. The Kier molecular flexibility index (Phi) is 6.78. The fourth-order valence-electron chi connectivity index (χ4n) is 4.81. The van der Waals surface area contributed by atoms with E-state index in [2.05, 4.69) is 106 Å². The minimum absolute atomic E-state index is 0.0135. The van der Waals surface area contributed by atoms with Crippen LogP contribution in [0.2, 0.25) is 0 Å². The SMILES string of the molecule is C=CCOc1c(I)cc(C=c2sc3n(c2=O)C(c2cccs2)C2=C(N=3)c3ccccc3CC2)cc1I. The maximum atomic E-state index is 13.8. The van der Waals surface area contributed by atoms with Crippen LogP contribution in [0, 0.1) is 7.14 Å². The number of hydrogen-bond donors (Lipinski definition) is 0. The highest BCUT2D eigenvalue weighted by Crippen LogP contribution is 2.42. The normalized spacial score (nSPS) is 16.7. The number of ether oxygens (including phenoxy) is 1. The Morgan fingerprint density at radius 2 is 1.94 bits per heavy atom. The Balaban J connectivity index is 1.53. The lowest BCUT2D eigenvalue weighted by atomic mass is 9.85. The van der Waals surface area contributed by atoms with Crippen LogP contribution >= 0.6 is 67.9 Å². The highest BCUT2D eigenvalue weighted by atomic mass is 127. The first-order valence-electron chi connectivity index (χ1n) is 11.4. The lowest BCUT2D eigenvalue weighted by Crippen LogP contribution is -2.38. The minimum atomic E-state index is -0.110. The molecule has 0 spiro atoms. The zero-order valence-electron chi connectivity index (χ0n) is 19.0. The van der Waals surface area contributed by atoms with Gasteiger partial charge in [0.1, 0.15) is 12.4 Å². The molecule has 0 saturated carbocycles. The van der Waals surface area contributed by atoms with Crippen LogP contribution in [-0.4, -0.2) is 11.2 Å². The van der Waals surface area contributed by atoms with Crippen LogP contribution in [0.1, 0.15) is 34.0 Å². The quantitative estimate of drug-likeness (QED) is 0.183. The van der Waals surface area contributed by atoms with E-state index in [4.69, 9.17) is 9.73 Å². The summed E-state index contributed by atoms with van der Waals surface area (Å²) in [7, 11) is 0. The molecule has 0 saturated heterocycles. The van der Waals surface area contributed by atoms with E-state index in [9.17, 15) is 4.79 Å². The van der Waals surface area contributed by atoms with E-state index in [0.29, 0.717) is 11.1 Å². The molecular weight excluding hydrogens is 714 g/mol. The third-order valence-electron chi connectivity index (χ3n) is 6.35. The highest BCUT2D eigenvalue weighted by molar-refractivity contribution is 14.1. The van der Waals surface area contributed by atoms with Crippen LogP contribution in [-0.2, 0) is 6.42 Å². The maximum absolute atomic E-state index is 13.8. The Morgan fingerprint density at radius 3 is 2.69 bits per heavy atom. The van der Waals surface area contributed by atoms with Gasteiger partial charge >= 0.3 is 0 Å². The van der Waals surface area contributed by atoms with E-state index in [0.717, 1.165) is 41.8 Å². The molecule has 0 amide bonds. The van der Waals surface area contributed by atoms with Crippen molar-refractivity contribution in [3.8, 4) is 5.75 Å². The number of nitrogens with zero attached hydrogens (tertiary/aromatic N) is 2. The van der Waals surface area contributed by atoms with Crippen LogP contribution in [0.5, 0.6) is 5.75 Å². The fraction of sp³-hybridized carbons (Fsp3) is 0.143. The molecule has 0 fully saturated rings. The van der Waals surface area contributed by atoms with Crippen molar-refractivity contribution in [3.63, 3.8) is 0 Å². The number of fused-ring (bicyclic) bond motifs is 3. The van der Waals surface area contributed by atoms with Crippen molar-refractivity contribution in [2.24, 2.45) is 4.99 Å². The van der Waals surface area contributed by atoms with Crippen molar-refractivity contribution in [3.05, 3.63) is 121 Å². The summed E-state index contributed by atoms with van der Waals surface area (Å²) in [6, 6.07) is 16.7. The summed E-state index contributed by atoms with van der Waals surface area (Å²) in [5, 5.41) is 2.09. The first-order valence-corrected chi connectivity index (χ1v) is 15.3. The first kappa shape index (κ1) is 24.3. The molecule has 4 aromatic rings. The number of rotatable bonds is 5. The molecule has 3 heterocycles. The van der Waals surface area contributed by atoms with Crippen molar-refractivity contribution in [2.45, 2.75) is 18.9 Å². The summed E-state index contributed by atoms with van der Waals surface area (Å²) < 4.78 is 10.4. The van der Waals surface area contributed by atoms with Gasteiger partial charge in [0.2, 0.25) is 0 Å². The predicted molar refractivity (Wildman–Crippen MR) is 165 cm³/mol. The van der Waals surface area contributed by atoms with Gasteiger partial charge in [0.25, 0.3) is 5.56 Å². The zero-order chi connectivity index (χ0) is 24.8. The Labute approximate surface area is 243 Å². The number of halogens is 2. The molecule has 0 radical (unpaired) electrons.